The highest BCUT2D eigenvalue weighted by Crippen LogP contribution is 2.00. The number of unbranched alkanes of at least 4 members (excludes halogenated alkanes) is 4. The molecule has 0 fully saturated rings. The predicted octanol–water partition coefficient (Wildman–Crippen LogP) is 4.54. The molecule has 0 unspecified atom stereocenters. The van der Waals surface area contributed by atoms with E-state index in [4.69, 9.17) is 5.26 Å². The van der Waals surface area contributed by atoms with Gasteiger partial charge in [-0.1, -0.05) is 30.4 Å². The Kier molecular flexibility index (Phi) is 11.6. The lowest BCUT2D eigenvalue weighted by atomic mass is 10.2. The van der Waals surface area contributed by atoms with Crippen molar-refractivity contribution in [1.82, 2.24) is 0 Å². The van der Waals surface area contributed by atoms with Gasteiger partial charge < -0.3 is 0 Å². The van der Waals surface area contributed by atoms with Gasteiger partial charge in [-0.3, -0.25) is 0 Å². The molecule has 0 heterocycles. The second-order valence-corrected chi connectivity index (χ2v) is 3.44. The van der Waals surface area contributed by atoms with Crippen molar-refractivity contribution >= 4 is 0 Å². The van der Waals surface area contributed by atoms with Crippen molar-refractivity contribution in [2.75, 3.05) is 0 Å². The van der Waals surface area contributed by atoms with Gasteiger partial charge >= 0.3 is 0 Å². The second kappa shape index (κ2) is 12.7. The fourth-order valence-corrected chi connectivity index (χ4v) is 1.18. The molecule has 1 heteroatoms. The number of allylic oxidation sites excluding steroid dienone is 5. The highest BCUT2D eigenvalue weighted by molar-refractivity contribution is 4.89. The van der Waals surface area contributed by atoms with Gasteiger partial charge in [0.2, 0.25) is 0 Å². The van der Waals surface area contributed by atoms with Crippen molar-refractivity contribution in [2.45, 2.75) is 44.9 Å². The minimum Gasteiger partial charge on any atom is -0.198 e. The van der Waals surface area contributed by atoms with Crippen LogP contribution in [0.25, 0.3) is 0 Å². The van der Waals surface area contributed by atoms with Crippen molar-refractivity contribution in [3.63, 3.8) is 0 Å². The van der Waals surface area contributed by atoms with Crippen molar-refractivity contribution in [2.24, 2.45) is 0 Å². The van der Waals surface area contributed by atoms with Gasteiger partial charge in [-0.25, -0.2) is 0 Å². The highest BCUT2D eigenvalue weighted by atomic mass is 14.2. The number of nitriles is 1. The predicted molar refractivity (Wildman–Crippen MR) is 66.4 cm³/mol. The third-order valence-corrected chi connectivity index (χ3v) is 2.03. The number of nitrogens with zero attached hydrogens (tertiary/aromatic N) is 1. The van der Waals surface area contributed by atoms with Crippen LogP contribution >= 0.6 is 0 Å². The zero-order chi connectivity index (χ0) is 11.2. The Balaban J connectivity index is 3.19. The molecule has 0 N–H and O–H groups in total. The first-order chi connectivity index (χ1) is 7.41. The fraction of sp³-hybridized carbons (Fsp3) is 0.500. The number of hydrogen-bond acceptors (Lipinski definition) is 1. The van der Waals surface area contributed by atoms with E-state index in [1.807, 2.05) is 6.08 Å². The molecule has 1 nitrogen and oxygen atoms in total. The zero-order valence-electron chi connectivity index (χ0n) is 9.49. The quantitative estimate of drug-likeness (QED) is 0.398. The van der Waals surface area contributed by atoms with Gasteiger partial charge in [-0.2, -0.15) is 5.26 Å². The van der Waals surface area contributed by atoms with E-state index in [9.17, 15) is 0 Å². The largest absolute Gasteiger partial charge is 0.198 e. The van der Waals surface area contributed by atoms with Gasteiger partial charge in [0.05, 0.1) is 6.07 Å². The summed E-state index contributed by atoms with van der Waals surface area (Å²) in [5, 5.41) is 8.32. The molecule has 0 aromatic carbocycles. The molecule has 0 saturated carbocycles. The molecular weight excluding hydrogens is 182 g/mol. The van der Waals surface area contributed by atoms with Crippen molar-refractivity contribution in [1.29, 1.82) is 5.26 Å². The van der Waals surface area contributed by atoms with Gasteiger partial charge in [0.15, 0.2) is 0 Å². The molecule has 0 amide bonds. The molecule has 0 atom stereocenters. The molecule has 0 aromatic rings. The lowest BCUT2D eigenvalue weighted by Gasteiger charge is -1.89. The van der Waals surface area contributed by atoms with Crippen molar-refractivity contribution in [3.8, 4) is 6.07 Å². The molecule has 0 bridgehead atoms. The van der Waals surface area contributed by atoms with Crippen LogP contribution in [-0.2, 0) is 0 Å². The highest BCUT2D eigenvalue weighted by Gasteiger charge is 1.81. The maximum Gasteiger partial charge on any atom is 0.0621 e. The smallest absolute Gasteiger partial charge is 0.0621 e. The Morgan fingerprint density at radius 3 is 1.93 bits per heavy atom. The van der Waals surface area contributed by atoms with E-state index in [2.05, 4.69) is 37.0 Å². The Labute approximate surface area is 93.8 Å². The van der Waals surface area contributed by atoms with E-state index in [0.717, 1.165) is 38.5 Å². The van der Waals surface area contributed by atoms with Crippen molar-refractivity contribution in [3.05, 3.63) is 37.0 Å². The molecule has 0 aliphatic rings. The Bertz CT molecular complexity index is 230. The number of rotatable bonds is 9. The molecule has 0 saturated heterocycles. The molecule has 0 radical (unpaired) electrons. The fourth-order valence-electron chi connectivity index (χ4n) is 1.18. The summed E-state index contributed by atoms with van der Waals surface area (Å²) in [6.07, 6.45) is 17.9. The van der Waals surface area contributed by atoms with E-state index < -0.39 is 0 Å². The van der Waals surface area contributed by atoms with Crippen LogP contribution in [0.15, 0.2) is 37.0 Å². The summed E-state index contributed by atoms with van der Waals surface area (Å²) < 4.78 is 0. The van der Waals surface area contributed by atoms with Gasteiger partial charge in [0.1, 0.15) is 0 Å². The van der Waals surface area contributed by atoms with E-state index >= 15 is 0 Å². The van der Waals surface area contributed by atoms with Gasteiger partial charge in [-0.15, -0.1) is 6.58 Å². The Hall–Kier alpha value is -1.29. The maximum absolute atomic E-state index is 8.32. The third kappa shape index (κ3) is 12.7. The minimum atomic E-state index is 0.672. The SMILES string of the molecule is C=CCC/C=C/CC/C=C/CCCC#N. The Morgan fingerprint density at radius 1 is 0.867 bits per heavy atom. The summed E-state index contributed by atoms with van der Waals surface area (Å²) in [6.45, 7) is 3.68. The van der Waals surface area contributed by atoms with E-state index in [1.54, 1.807) is 0 Å². The first-order valence-corrected chi connectivity index (χ1v) is 5.69. The van der Waals surface area contributed by atoms with Crippen molar-refractivity contribution < 1.29 is 0 Å². The maximum atomic E-state index is 8.32. The summed E-state index contributed by atoms with van der Waals surface area (Å²) in [5.74, 6) is 0. The number of hydrogen-bond donors (Lipinski definition) is 0. The van der Waals surface area contributed by atoms with Gasteiger partial charge in [-0.05, 0) is 38.5 Å². The molecular formula is C14H21N. The monoisotopic (exact) mass is 203 g/mol. The third-order valence-electron chi connectivity index (χ3n) is 2.03. The van der Waals surface area contributed by atoms with Crippen LogP contribution in [-0.4, -0.2) is 0 Å². The van der Waals surface area contributed by atoms with Crippen LogP contribution in [0.4, 0.5) is 0 Å². The lowest BCUT2D eigenvalue weighted by molar-refractivity contribution is 0.870. The molecule has 0 aliphatic carbocycles. The molecule has 0 aliphatic heterocycles. The van der Waals surface area contributed by atoms with Crippen LogP contribution in [0.2, 0.25) is 0 Å². The van der Waals surface area contributed by atoms with Crippen LogP contribution < -0.4 is 0 Å². The normalized spacial score (nSPS) is 10.9. The van der Waals surface area contributed by atoms with Gasteiger partial charge in [0, 0.05) is 6.42 Å². The van der Waals surface area contributed by atoms with E-state index in [-0.39, 0.29) is 0 Å². The van der Waals surface area contributed by atoms with Crippen LogP contribution in [0.5, 0.6) is 0 Å². The lowest BCUT2D eigenvalue weighted by Crippen LogP contribution is -1.70. The van der Waals surface area contributed by atoms with Crippen LogP contribution in [0, 0.1) is 11.3 Å². The summed E-state index contributed by atoms with van der Waals surface area (Å²) >= 11 is 0. The second-order valence-electron chi connectivity index (χ2n) is 3.44. The molecule has 0 aromatic heterocycles. The average molecular weight is 203 g/mol. The average Bonchev–Trinajstić information content (AvgIpc) is 2.26. The summed E-state index contributed by atoms with van der Waals surface area (Å²) in [4.78, 5) is 0. The first kappa shape index (κ1) is 13.7. The summed E-state index contributed by atoms with van der Waals surface area (Å²) in [5.41, 5.74) is 0. The Morgan fingerprint density at radius 2 is 1.40 bits per heavy atom. The molecule has 82 valence electrons. The topological polar surface area (TPSA) is 23.8 Å². The molecule has 0 rings (SSSR count). The minimum absolute atomic E-state index is 0.672. The molecule has 0 spiro atoms. The summed E-state index contributed by atoms with van der Waals surface area (Å²) in [6, 6.07) is 2.15. The first-order valence-electron chi connectivity index (χ1n) is 5.69. The standard InChI is InChI=1S/C14H21N/c1-2-3-4-5-6-7-8-9-10-11-12-13-14-15/h2,5-6,9-10H,1,3-4,7-8,11-13H2/b6-5+,10-9+. The molecule has 15 heavy (non-hydrogen) atoms. The summed E-state index contributed by atoms with van der Waals surface area (Å²) in [7, 11) is 0. The zero-order valence-corrected chi connectivity index (χ0v) is 9.49. The van der Waals surface area contributed by atoms with Crippen LogP contribution in [0.3, 0.4) is 0 Å². The van der Waals surface area contributed by atoms with Gasteiger partial charge in [0.25, 0.3) is 0 Å². The van der Waals surface area contributed by atoms with E-state index in [1.165, 1.54) is 0 Å². The van der Waals surface area contributed by atoms with E-state index in [0.29, 0.717) is 6.42 Å². The van der Waals surface area contributed by atoms with Crippen LogP contribution in [0.1, 0.15) is 44.9 Å².